The van der Waals surface area contributed by atoms with Gasteiger partial charge in [-0.1, -0.05) is 90.3 Å². The highest BCUT2D eigenvalue weighted by Gasteiger charge is 2.30. The van der Waals surface area contributed by atoms with Crippen molar-refractivity contribution in [1.29, 1.82) is 0 Å². The minimum Gasteiger partial charge on any atom is -0.508 e. The largest absolute Gasteiger partial charge is 0.508 e. The molecular formula is C38H54O3. The third-order valence-electron chi connectivity index (χ3n) is 8.72. The lowest BCUT2D eigenvalue weighted by atomic mass is 9.71. The molecule has 0 aliphatic heterocycles. The van der Waals surface area contributed by atoms with E-state index in [0.717, 1.165) is 67.2 Å². The number of aromatic hydroxyl groups is 1. The number of phenolic OH excluding ortho intramolecular Hbond substituents is 1. The molecule has 1 aliphatic carbocycles. The molecule has 1 saturated carbocycles. The number of benzene rings is 2. The topological polar surface area (TPSA) is 54.4 Å². The van der Waals surface area contributed by atoms with Crippen LogP contribution in [0.2, 0.25) is 0 Å². The molecule has 0 spiro atoms. The summed E-state index contributed by atoms with van der Waals surface area (Å²) in [5.41, 5.74) is 5.34. The van der Waals surface area contributed by atoms with Crippen LogP contribution in [-0.2, 0) is 17.6 Å². The van der Waals surface area contributed by atoms with E-state index < -0.39 is 0 Å². The highest BCUT2D eigenvalue weighted by molar-refractivity contribution is 5.98. The molecule has 1 fully saturated rings. The number of aryl methyl sites for hydroxylation is 2. The number of Topliss-reactive ketones (excluding diaryl/α,β-unsaturated/α-hetero) is 1. The number of rotatable bonds is 15. The van der Waals surface area contributed by atoms with Gasteiger partial charge in [-0.25, -0.2) is 0 Å². The average molecular weight is 559 g/mol. The molecule has 3 heteroatoms. The number of ketones is 2. The van der Waals surface area contributed by atoms with Gasteiger partial charge in [-0.2, -0.15) is 0 Å². The van der Waals surface area contributed by atoms with Crippen LogP contribution in [0.5, 0.6) is 5.75 Å². The van der Waals surface area contributed by atoms with Crippen LogP contribution in [0, 0.1) is 24.7 Å². The van der Waals surface area contributed by atoms with Crippen molar-refractivity contribution in [1.82, 2.24) is 0 Å². The van der Waals surface area contributed by atoms with E-state index in [1.54, 1.807) is 18.2 Å². The Balaban J connectivity index is 0.00000287. The zero-order valence-corrected chi connectivity index (χ0v) is 26.4. The van der Waals surface area contributed by atoms with E-state index in [-0.39, 0.29) is 17.5 Å². The molecule has 0 bridgehead atoms. The Hall–Kier alpha value is -2.94. The first-order valence-corrected chi connectivity index (χ1v) is 16.1. The zero-order valence-electron chi connectivity index (χ0n) is 26.4. The molecule has 1 aliphatic rings. The fourth-order valence-electron chi connectivity index (χ4n) is 6.35. The number of unbranched alkanes of at least 4 members (excludes halogenated alkanes) is 1. The van der Waals surface area contributed by atoms with Crippen LogP contribution in [-0.4, -0.2) is 16.7 Å². The lowest BCUT2D eigenvalue weighted by Crippen LogP contribution is -2.26. The second kappa shape index (κ2) is 18.5. The van der Waals surface area contributed by atoms with Crippen molar-refractivity contribution >= 4 is 17.6 Å². The zero-order chi connectivity index (χ0) is 30.2. The Morgan fingerprint density at radius 3 is 2.32 bits per heavy atom. The van der Waals surface area contributed by atoms with Crippen LogP contribution in [0.4, 0.5) is 0 Å². The predicted octanol–water partition coefficient (Wildman–Crippen LogP) is 10.3. The van der Waals surface area contributed by atoms with E-state index in [9.17, 15) is 14.7 Å². The van der Waals surface area contributed by atoms with E-state index in [4.69, 9.17) is 0 Å². The summed E-state index contributed by atoms with van der Waals surface area (Å²) in [7, 11) is 0. The number of hydrogen-bond acceptors (Lipinski definition) is 3. The van der Waals surface area contributed by atoms with Crippen LogP contribution in [0.25, 0.3) is 6.08 Å². The van der Waals surface area contributed by atoms with Gasteiger partial charge in [0.05, 0.1) is 0 Å². The minimum atomic E-state index is 0.142. The Labute approximate surface area is 250 Å². The van der Waals surface area contributed by atoms with Crippen LogP contribution < -0.4 is 0 Å². The van der Waals surface area contributed by atoms with Crippen molar-refractivity contribution in [3.8, 4) is 5.75 Å². The van der Waals surface area contributed by atoms with Crippen molar-refractivity contribution in [2.45, 2.75) is 112 Å². The van der Waals surface area contributed by atoms with E-state index in [1.807, 2.05) is 51.1 Å². The van der Waals surface area contributed by atoms with Crippen LogP contribution in [0.3, 0.4) is 0 Å². The molecule has 41 heavy (non-hydrogen) atoms. The Morgan fingerprint density at radius 1 is 0.976 bits per heavy atom. The average Bonchev–Trinajstić information content (AvgIpc) is 3.00. The molecule has 0 aromatic heterocycles. The van der Waals surface area contributed by atoms with Gasteiger partial charge in [-0.05, 0) is 110 Å². The maximum Gasteiger partial charge on any atom is 0.165 e. The third-order valence-corrected chi connectivity index (χ3v) is 8.72. The summed E-state index contributed by atoms with van der Waals surface area (Å²) in [5, 5.41) is 9.55. The third kappa shape index (κ3) is 10.8. The number of phenols is 1. The first kappa shape index (κ1) is 34.3. The van der Waals surface area contributed by atoms with Gasteiger partial charge in [-0.15, -0.1) is 0 Å². The summed E-state index contributed by atoms with van der Waals surface area (Å²) in [6, 6.07) is 11.5. The van der Waals surface area contributed by atoms with Gasteiger partial charge < -0.3 is 5.11 Å². The smallest absolute Gasteiger partial charge is 0.165 e. The lowest BCUT2D eigenvalue weighted by Gasteiger charge is -2.33. The van der Waals surface area contributed by atoms with E-state index in [0.29, 0.717) is 30.5 Å². The molecule has 2 aromatic carbocycles. The van der Waals surface area contributed by atoms with Crippen molar-refractivity contribution in [3.05, 3.63) is 82.9 Å². The number of hydrogen-bond donors (Lipinski definition) is 1. The fourth-order valence-corrected chi connectivity index (χ4v) is 6.35. The normalized spacial score (nSPS) is 17.5. The van der Waals surface area contributed by atoms with Crippen molar-refractivity contribution < 1.29 is 14.7 Å². The molecular weight excluding hydrogens is 504 g/mol. The molecule has 1 atom stereocenters. The molecule has 2 aromatic rings. The molecule has 224 valence electrons. The van der Waals surface area contributed by atoms with Gasteiger partial charge >= 0.3 is 0 Å². The lowest BCUT2D eigenvalue weighted by molar-refractivity contribution is -0.114. The van der Waals surface area contributed by atoms with Crippen molar-refractivity contribution in [3.63, 3.8) is 0 Å². The molecule has 0 radical (unpaired) electrons. The molecule has 1 N–H and O–H groups in total. The summed E-state index contributed by atoms with van der Waals surface area (Å²) in [6.45, 7) is 14.3. The SMILES string of the molecule is C=Cc1cc(C(=O)C2CCC(C(CCC)CCCCC(=O)/C=C\Cc3ccc(O)cc3C)CC2)ccc1CC.CC. The highest BCUT2D eigenvalue weighted by atomic mass is 16.3. The first-order valence-electron chi connectivity index (χ1n) is 16.1. The van der Waals surface area contributed by atoms with Gasteiger partial charge in [-0.3, -0.25) is 9.59 Å². The summed E-state index contributed by atoms with van der Waals surface area (Å²) in [4.78, 5) is 25.6. The number of carbonyl (C=O) groups excluding carboxylic acids is 2. The van der Waals surface area contributed by atoms with E-state index >= 15 is 0 Å². The van der Waals surface area contributed by atoms with Gasteiger partial charge in [0.1, 0.15) is 5.75 Å². The van der Waals surface area contributed by atoms with Gasteiger partial charge in [0.15, 0.2) is 11.6 Å². The minimum absolute atomic E-state index is 0.142. The van der Waals surface area contributed by atoms with E-state index in [1.165, 1.54) is 24.8 Å². The molecule has 0 saturated heterocycles. The quantitative estimate of drug-likeness (QED) is 0.134. The van der Waals surface area contributed by atoms with Crippen LogP contribution in [0.15, 0.2) is 55.1 Å². The molecule has 1 unspecified atom stereocenters. The maximum atomic E-state index is 13.2. The second-order valence-electron chi connectivity index (χ2n) is 11.4. The Morgan fingerprint density at radius 2 is 1.68 bits per heavy atom. The summed E-state index contributed by atoms with van der Waals surface area (Å²) in [5.74, 6) is 2.32. The predicted molar refractivity (Wildman–Crippen MR) is 175 cm³/mol. The first-order chi connectivity index (χ1) is 19.9. The number of carbonyl (C=O) groups is 2. The summed E-state index contributed by atoms with van der Waals surface area (Å²) in [6.07, 6.45) is 17.7. The number of allylic oxidation sites excluding steroid dienone is 2. The van der Waals surface area contributed by atoms with Crippen LogP contribution >= 0.6 is 0 Å². The summed E-state index contributed by atoms with van der Waals surface area (Å²) < 4.78 is 0. The van der Waals surface area contributed by atoms with Gasteiger partial charge in [0.2, 0.25) is 0 Å². The molecule has 0 amide bonds. The molecule has 3 nitrogen and oxygen atoms in total. The Bertz CT molecular complexity index is 1130. The maximum absolute atomic E-state index is 13.2. The van der Waals surface area contributed by atoms with Gasteiger partial charge in [0, 0.05) is 17.9 Å². The highest BCUT2D eigenvalue weighted by Crippen LogP contribution is 2.39. The van der Waals surface area contributed by atoms with E-state index in [2.05, 4.69) is 26.5 Å². The molecule has 0 heterocycles. The van der Waals surface area contributed by atoms with Crippen LogP contribution in [0.1, 0.15) is 125 Å². The standard InChI is InChI=1S/C36H48O3.C2H6/c1-5-11-30(12-8-9-14-34(37)15-10-13-29-22-23-35(38)24-26(29)4)31-17-19-32(20-18-31)36(39)33-21-16-27(6-2)28(7-3)25-33;1-2/h7,10,15-16,21-25,30-32,38H,3,5-6,8-9,11-14,17-20H2,1-2,4H3;1-2H3/b15-10-;. The van der Waals surface area contributed by atoms with Crippen molar-refractivity contribution in [2.75, 3.05) is 0 Å². The monoisotopic (exact) mass is 558 g/mol. The Kier molecular flexibility index (Phi) is 15.4. The summed E-state index contributed by atoms with van der Waals surface area (Å²) >= 11 is 0. The van der Waals surface area contributed by atoms with Crippen molar-refractivity contribution in [2.24, 2.45) is 17.8 Å². The fraction of sp³-hybridized carbons (Fsp3) is 0.526. The second-order valence-corrected chi connectivity index (χ2v) is 11.4. The molecule has 3 rings (SSSR count). The van der Waals surface area contributed by atoms with Gasteiger partial charge in [0.25, 0.3) is 0 Å².